The number of piperazine rings is 1. The SMILES string of the molecule is O=C(NC1CCC(CCN2CCN(c3nccc4c3CCO4)CC2)CC1)Oc1ccc2c(c1)OCO2. The summed E-state index contributed by atoms with van der Waals surface area (Å²) in [5.74, 6) is 4.60. The predicted octanol–water partition coefficient (Wildman–Crippen LogP) is 3.60. The van der Waals surface area contributed by atoms with Crippen LogP contribution >= 0.6 is 0 Å². The summed E-state index contributed by atoms with van der Waals surface area (Å²) in [6.45, 7) is 6.31. The van der Waals surface area contributed by atoms with Gasteiger partial charge in [0.15, 0.2) is 11.5 Å². The third-order valence-electron chi connectivity index (χ3n) is 7.85. The summed E-state index contributed by atoms with van der Waals surface area (Å²) in [7, 11) is 0. The molecule has 4 aliphatic rings. The van der Waals surface area contributed by atoms with Crippen molar-refractivity contribution in [1.29, 1.82) is 0 Å². The molecule has 36 heavy (non-hydrogen) atoms. The van der Waals surface area contributed by atoms with Crippen molar-refractivity contribution in [3.05, 3.63) is 36.0 Å². The molecule has 1 amide bonds. The molecule has 4 heterocycles. The zero-order chi connectivity index (χ0) is 24.3. The Morgan fingerprint density at radius 1 is 1.00 bits per heavy atom. The summed E-state index contributed by atoms with van der Waals surface area (Å²) in [5.41, 5.74) is 1.27. The summed E-state index contributed by atoms with van der Waals surface area (Å²) < 4.78 is 21.8. The van der Waals surface area contributed by atoms with Gasteiger partial charge >= 0.3 is 6.09 Å². The van der Waals surface area contributed by atoms with E-state index >= 15 is 0 Å². The first-order chi connectivity index (χ1) is 17.7. The number of fused-ring (bicyclic) bond motifs is 2. The molecule has 192 valence electrons. The number of carbonyl (C=O) groups is 1. The summed E-state index contributed by atoms with van der Waals surface area (Å²) in [6, 6.07) is 7.33. The number of carbonyl (C=O) groups excluding carboxylic acids is 1. The largest absolute Gasteiger partial charge is 0.493 e. The molecule has 2 aromatic rings. The van der Waals surface area contributed by atoms with Gasteiger partial charge in [0.25, 0.3) is 0 Å². The summed E-state index contributed by atoms with van der Waals surface area (Å²) in [4.78, 5) is 22.0. The average molecular weight is 495 g/mol. The number of pyridine rings is 1. The first-order valence-electron chi connectivity index (χ1n) is 13.2. The molecule has 1 aromatic heterocycles. The van der Waals surface area contributed by atoms with E-state index in [1.807, 2.05) is 12.3 Å². The first kappa shape index (κ1) is 23.2. The highest BCUT2D eigenvalue weighted by atomic mass is 16.7. The number of hydrogen-bond acceptors (Lipinski definition) is 8. The van der Waals surface area contributed by atoms with Crippen molar-refractivity contribution in [3.63, 3.8) is 0 Å². The van der Waals surface area contributed by atoms with Crippen LogP contribution in [0.5, 0.6) is 23.0 Å². The van der Waals surface area contributed by atoms with Crippen LogP contribution in [0, 0.1) is 5.92 Å². The third kappa shape index (κ3) is 5.16. The molecule has 1 aliphatic carbocycles. The van der Waals surface area contributed by atoms with Crippen LogP contribution in [0.2, 0.25) is 0 Å². The monoisotopic (exact) mass is 494 g/mol. The van der Waals surface area contributed by atoms with Crippen LogP contribution in [-0.4, -0.2) is 68.1 Å². The molecule has 2 fully saturated rings. The lowest BCUT2D eigenvalue weighted by molar-refractivity contribution is 0.173. The predicted molar refractivity (Wildman–Crippen MR) is 134 cm³/mol. The van der Waals surface area contributed by atoms with Gasteiger partial charge in [0.05, 0.1) is 6.61 Å². The maximum Gasteiger partial charge on any atom is 0.412 e. The van der Waals surface area contributed by atoms with Crippen LogP contribution in [-0.2, 0) is 6.42 Å². The number of hydrogen-bond donors (Lipinski definition) is 1. The Morgan fingerprint density at radius 3 is 2.69 bits per heavy atom. The van der Waals surface area contributed by atoms with E-state index in [-0.39, 0.29) is 12.8 Å². The van der Waals surface area contributed by atoms with Gasteiger partial charge in [-0.1, -0.05) is 0 Å². The van der Waals surface area contributed by atoms with E-state index in [4.69, 9.17) is 18.9 Å². The van der Waals surface area contributed by atoms with E-state index in [2.05, 4.69) is 20.1 Å². The minimum absolute atomic E-state index is 0.176. The van der Waals surface area contributed by atoms with Gasteiger partial charge in [0.1, 0.15) is 17.3 Å². The Kier molecular flexibility index (Phi) is 6.72. The van der Waals surface area contributed by atoms with E-state index in [1.165, 1.54) is 12.0 Å². The Morgan fingerprint density at radius 2 is 1.83 bits per heavy atom. The zero-order valence-corrected chi connectivity index (χ0v) is 20.6. The topological polar surface area (TPSA) is 85.4 Å². The summed E-state index contributed by atoms with van der Waals surface area (Å²) in [6.07, 6.45) is 7.95. The number of aromatic nitrogens is 1. The van der Waals surface area contributed by atoms with Gasteiger partial charge in [-0.25, -0.2) is 9.78 Å². The van der Waals surface area contributed by atoms with E-state index in [1.54, 1.807) is 18.2 Å². The molecular formula is C27H34N4O5. The Hall–Kier alpha value is -3.20. The van der Waals surface area contributed by atoms with Crippen molar-refractivity contribution in [2.45, 2.75) is 44.6 Å². The fourth-order valence-corrected chi connectivity index (χ4v) is 5.76. The van der Waals surface area contributed by atoms with Crippen LogP contribution in [0.3, 0.4) is 0 Å². The Balaban J connectivity index is 0.894. The summed E-state index contributed by atoms with van der Waals surface area (Å²) in [5, 5.41) is 3.04. The fraction of sp³-hybridized carbons (Fsp3) is 0.556. The van der Waals surface area contributed by atoms with Crippen molar-refractivity contribution >= 4 is 11.9 Å². The van der Waals surface area contributed by atoms with Gasteiger partial charge in [-0.2, -0.15) is 0 Å². The van der Waals surface area contributed by atoms with Crippen LogP contribution in [0.15, 0.2) is 30.5 Å². The molecular weight excluding hydrogens is 460 g/mol. The molecule has 3 aliphatic heterocycles. The Labute approximate surface area is 211 Å². The van der Waals surface area contributed by atoms with Gasteiger partial charge in [-0.3, -0.25) is 4.90 Å². The molecule has 1 N–H and O–H groups in total. The molecule has 0 bridgehead atoms. The van der Waals surface area contributed by atoms with Gasteiger partial charge in [-0.05, 0) is 62.8 Å². The smallest absolute Gasteiger partial charge is 0.412 e. The normalized spacial score (nSPS) is 23.2. The lowest BCUT2D eigenvalue weighted by Crippen LogP contribution is -2.47. The minimum atomic E-state index is -0.403. The van der Waals surface area contributed by atoms with Crippen LogP contribution in [0.25, 0.3) is 0 Å². The van der Waals surface area contributed by atoms with Crippen LogP contribution in [0.1, 0.15) is 37.7 Å². The van der Waals surface area contributed by atoms with E-state index in [0.29, 0.717) is 17.2 Å². The fourth-order valence-electron chi connectivity index (χ4n) is 5.76. The second kappa shape index (κ2) is 10.4. The van der Waals surface area contributed by atoms with Crippen molar-refractivity contribution in [2.75, 3.05) is 51.0 Å². The third-order valence-corrected chi connectivity index (χ3v) is 7.85. The van der Waals surface area contributed by atoms with Gasteiger partial charge in [0.2, 0.25) is 6.79 Å². The van der Waals surface area contributed by atoms with E-state index < -0.39 is 6.09 Å². The summed E-state index contributed by atoms with van der Waals surface area (Å²) >= 11 is 0. The van der Waals surface area contributed by atoms with Gasteiger partial charge in [-0.15, -0.1) is 0 Å². The number of benzene rings is 1. The highest BCUT2D eigenvalue weighted by Gasteiger charge is 2.27. The average Bonchev–Trinajstić information content (AvgIpc) is 3.58. The number of nitrogens with one attached hydrogen (secondary N) is 1. The molecule has 0 atom stereocenters. The van der Waals surface area contributed by atoms with Crippen molar-refractivity contribution in [2.24, 2.45) is 5.92 Å². The van der Waals surface area contributed by atoms with Gasteiger partial charge in [0, 0.05) is 56.5 Å². The maximum absolute atomic E-state index is 12.4. The lowest BCUT2D eigenvalue weighted by atomic mass is 9.84. The molecule has 1 aromatic carbocycles. The zero-order valence-electron chi connectivity index (χ0n) is 20.6. The number of nitrogens with zero attached hydrogens (tertiary/aromatic N) is 3. The molecule has 0 radical (unpaired) electrons. The highest BCUT2D eigenvalue weighted by molar-refractivity contribution is 5.71. The molecule has 1 saturated heterocycles. The van der Waals surface area contributed by atoms with Gasteiger partial charge < -0.3 is 29.2 Å². The van der Waals surface area contributed by atoms with Crippen molar-refractivity contribution < 1.29 is 23.7 Å². The molecule has 0 unspecified atom stereocenters. The molecule has 6 rings (SSSR count). The van der Waals surface area contributed by atoms with E-state index in [0.717, 1.165) is 88.9 Å². The van der Waals surface area contributed by atoms with Crippen LogP contribution < -0.4 is 29.2 Å². The van der Waals surface area contributed by atoms with Crippen molar-refractivity contribution in [1.82, 2.24) is 15.2 Å². The highest BCUT2D eigenvalue weighted by Crippen LogP contribution is 2.35. The minimum Gasteiger partial charge on any atom is -0.493 e. The second-order valence-electron chi connectivity index (χ2n) is 10.1. The number of ether oxygens (including phenoxy) is 4. The number of amides is 1. The second-order valence-corrected chi connectivity index (χ2v) is 10.1. The van der Waals surface area contributed by atoms with E-state index in [9.17, 15) is 4.79 Å². The standard InChI is InChI=1S/C27H34N4O5/c32-27(36-21-5-6-24-25(17-21)35-18-34-24)29-20-3-1-19(2-4-20)8-11-30-12-14-31(15-13-30)26-22-9-16-33-23(22)7-10-28-26/h5-7,10,17,19-20H,1-4,8-9,11-16,18H2,(H,29,32). The molecule has 9 nitrogen and oxygen atoms in total. The van der Waals surface area contributed by atoms with Crippen molar-refractivity contribution in [3.8, 4) is 23.0 Å². The molecule has 9 heteroatoms. The van der Waals surface area contributed by atoms with Crippen LogP contribution in [0.4, 0.5) is 10.6 Å². The Bertz CT molecular complexity index is 1080. The molecule has 1 saturated carbocycles. The first-order valence-corrected chi connectivity index (χ1v) is 13.2. The maximum atomic E-state index is 12.4. The lowest BCUT2D eigenvalue weighted by Gasteiger charge is -2.37. The number of anilines is 1. The number of rotatable bonds is 6. The molecule has 0 spiro atoms. The quantitative estimate of drug-likeness (QED) is 0.652.